The Labute approximate surface area is 236 Å². The summed E-state index contributed by atoms with van der Waals surface area (Å²) < 4.78 is 16.9. The normalized spacial score (nSPS) is 11.4. The number of rotatable bonds is 9. The number of anilines is 1. The van der Waals surface area contributed by atoms with Gasteiger partial charge in [-0.1, -0.05) is 36.4 Å². The van der Waals surface area contributed by atoms with E-state index in [1.54, 1.807) is 6.07 Å². The Hall–Kier alpha value is -4.33. The van der Waals surface area contributed by atoms with Crippen molar-refractivity contribution in [3.8, 4) is 16.9 Å². The average molecular weight is 546 g/mol. The predicted molar refractivity (Wildman–Crippen MR) is 158 cm³/mol. The van der Waals surface area contributed by atoms with Crippen molar-refractivity contribution in [2.75, 3.05) is 5.73 Å². The number of ether oxygens (including phenoxy) is 3. The highest BCUT2D eigenvalue weighted by Crippen LogP contribution is 2.30. The summed E-state index contributed by atoms with van der Waals surface area (Å²) in [6, 6.07) is 18.8. The summed E-state index contributed by atoms with van der Waals surface area (Å²) in [5.41, 5.74) is 10.3. The van der Waals surface area contributed by atoms with Crippen molar-refractivity contribution in [1.82, 2.24) is 5.32 Å². The fourth-order valence-electron chi connectivity index (χ4n) is 4.04. The molecule has 4 N–H and O–H groups in total. The second-order valence-corrected chi connectivity index (χ2v) is 11.5. The van der Waals surface area contributed by atoms with Gasteiger partial charge in [0.05, 0.1) is 6.42 Å². The van der Waals surface area contributed by atoms with Gasteiger partial charge in [0.15, 0.2) is 0 Å². The summed E-state index contributed by atoms with van der Waals surface area (Å²) >= 11 is 0. The molecular formula is C32H39N3O5. The maximum absolute atomic E-state index is 12.4. The largest absolute Gasteiger partial charge is 0.489 e. The molecule has 0 aromatic heterocycles. The summed E-state index contributed by atoms with van der Waals surface area (Å²) in [6.45, 7) is 11.4. The molecule has 0 aliphatic rings. The van der Waals surface area contributed by atoms with Crippen molar-refractivity contribution in [3.05, 3.63) is 82.9 Å². The lowest BCUT2D eigenvalue weighted by molar-refractivity contribution is -0.153. The number of hydrogen-bond donors (Lipinski definition) is 3. The number of benzene rings is 3. The molecule has 3 rings (SSSR count). The van der Waals surface area contributed by atoms with Crippen LogP contribution in [0.5, 0.6) is 5.75 Å². The number of carbonyl (C=O) groups excluding carboxylic acids is 2. The van der Waals surface area contributed by atoms with Gasteiger partial charge in [-0.05, 0) is 88.1 Å². The van der Waals surface area contributed by atoms with Crippen LogP contribution in [-0.4, -0.2) is 29.5 Å². The molecule has 1 amide bonds. The standard InChI is InChI=1S/C32H39N3O5/c1-31(2,3)39-29(36)17-24-11-7-8-13-28(24)38-20-22-15-25(26(18-33)27(34)16-22)23-12-9-10-21(14-23)19-35-30(37)40-32(4,5)6/h7-16,18,33H,17,19-20,34H2,1-6H3,(H,35,37). The van der Waals surface area contributed by atoms with Crippen molar-refractivity contribution in [1.29, 1.82) is 5.41 Å². The Bertz CT molecular complexity index is 1370. The van der Waals surface area contributed by atoms with Gasteiger partial charge in [0.25, 0.3) is 0 Å². The van der Waals surface area contributed by atoms with Crippen LogP contribution in [0.2, 0.25) is 0 Å². The van der Waals surface area contributed by atoms with Crippen molar-refractivity contribution in [2.24, 2.45) is 0 Å². The molecule has 8 heteroatoms. The molecule has 0 bridgehead atoms. The minimum atomic E-state index is -0.582. The lowest BCUT2D eigenvalue weighted by atomic mass is 9.95. The summed E-state index contributed by atoms with van der Waals surface area (Å²) in [5.74, 6) is 0.256. The number of amides is 1. The van der Waals surface area contributed by atoms with Crippen LogP contribution in [0, 0.1) is 5.41 Å². The van der Waals surface area contributed by atoms with E-state index in [0.29, 0.717) is 17.0 Å². The van der Waals surface area contributed by atoms with Crippen LogP contribution < -0.4 is 15.8 Å². The second-order valence-electron chi connectivity index (χ2n) is 11.5. The molecule has 0 aliphatic heterocycles. The molecule has 3 aromatic rings. The Balaban J connectivity index is 1.80. The van der Waals surface area contributed by atoms with E-state index in [-0.39, 0.29) is 25.5 Å². The third-order valence-electron chi connectivity index (χ3n) is 5.61. The molecule has 0 saturated heterocycles. The summed E-state index contributed by atoms with van der Waals surface area (Å²) in [4.78, 5) is 24.5. The van der Waals surface area contributed by atoms with E-state index in [1.807, 2.05) is 96.1 Å². The Kier molecular flexibility index (Phi) is 9.58. The highest BCUT2D eigenvalue weighted by Gasteiger charge is 2.19. The zero-order valence-electron chi connectivity index (χ0n) is 24.1. The summed E-state index contributed by atoms with van der Waals surface area (Å²) in [7, 11) is 0. The van der Waals surface area contributed by atoms with Crippen LogP contribution in [0.25, 0.3) is 11.1 Å². The lowest BCUT2D eigenvalue weighted by Gasteiger charge is -2.20. The van der Waals surface area contributed by atoms with E-state index in [1.165, 1.54) is 6.21 Å². The van der Waals surface area contributed by atoms with Crippen LogP contribution in [0.15, 0.2) is 60.7 Å². The molecule has 40 heavy (non-hydrogen) atoms. The molecule has 0 radical (unpaired) electrons. The van der Waals surface area contributed by atoms with Crippen LogP contribution >= 0.6 is 0 Å². The third kappa shape index (κ3) is 9.15. The first-order chi connectivity index (χ1) is 18.7. The quantitative estimate of drug-likeness (QED) is 0.162. The first-order valence-corrected chi connectivity index (χ1v) is 13.2. The van der Waals surface area contributed by atoms with Crippen molar-refractivity contribution >= 4 is 24.0 Å². The zero-order chi connectivity index (χ0) is 29.5. The van der Waals surface area contributed by atoms with E-state index < -0.39 is 17.3 Å². The molecule has 212 valence electrons. The van der Waals surface area contributed by atoms with Crippen molar-refractivity contribution in [3.63, 3.8) is 0 Å². The third-order valence-corrected chi connectivity index (χ3v) is 5.61. The van der Waals surface area contributed by atoms with Crippen LogP contribution in [0.4, 0.5) is 10.5 Å². The smallest absolute Gasteiger partial charge is 0.407 e. The maximum Gasteiger partial charge on any atom is 0.407 e. The zero-order valence-corrected chi connectivity index (χ0v) is 24.1. The fraction of sp³-hybridized carbons (Fsp3) is 0.344. The average Bonchev–Trinajstić information content (AvgIpc) is 2.84. The van der Waals surface area contributed by atoms with E-state index in [2.05, 4.69) is 5.32 Å². The maximum atomic E-state index is 12.4. The first-order valence-electron chi connectivity index (χ1n) is 13.2. The number of nitrogen functional groups attached to an aromatic ring is 1. The molecule has 0 aliphatic carbocycles. The van der Waals surface area contributed by atoms with Gasteiger partial charge in [0.1, 0.15) is 23.6 Å². The molecule has 0 heterocycles. The molecular weight excluding hydrogens is 506 g/mol. The second kappa shape index (κ2) is 12.7. The van der Waals surface area contributed by atoms with E-state index in [9.17, 15) is 9.59 Å². The summed E-state index contributed by atoms with van der Waals surface area (Å²) in [5, 5.41) is 10.7. The first kappa shape index (κ1) is 30.2. The highest BCUT2D eigenvalue weighted by molar-refractivity contribution is 5.95. The van der Waals surface area contributed by atoms with E-state index in [0.717, 1.165) is 27.8 Å². The van der Waals surface area contributed by atoms with Gasteiger partial charge < -0.3 is 30.7 Å². The van der Waals surface area contributed by atoms with Gasteiger partial charge in [0.2, 0.25) is 0 Å². The number of esters is 1. The Morgan fingerprint density at radius 3 is 2.27 bits per heavy atom. The topological polar surface area (TPSA) is 124 Å². The van der Waals surface area contributed by atoms with E-state index >= 15 is 0 Å². The number of para-hydroxylation sites is 1. The Morgan fingerprint density at radius 1 is 0.900 bits per heavy atom. The van der Waals surface area contributed by atoms with Crippen molar-refractivity contribution in [2.45, 2.75) is 72.3 Å². The van der Waals surface area contributed by atoms with Gasteiger partial charge in [-0.2, -0.15) is 0 Å². The minimum absolute atomic E-state index is 0.0949. The molecule has 0 unspecified atom stereocenters. The monoisotopic (exact) mass is 545 g/mol. The van der Waals surface area contributed by atoms with Gasteiger partial charge in [-0.25, -0.2) is 4.79 Å². The molecule has 8 nitrogen and oxygen atoms in total. The number of hydrogen-bond acceptors (Lipinski definition) is 7. The van der Waals surface area contributed by atoms with Gasteiger partial charge >= 0.3 is 12.1 Å². The van der Waals surface area contributed by atoms with Crippen LogP contribution in [0.3, 0.4) is 0 Å². The van der Waals surface area contributed by atoms with Crippen LogP contribution in [-0.2, 0) is 33.8 Å². The van der Waals surface area contributed by atoms with Gasteiger partial charge in [-0.15, -0.1) is 0 Å². The minimum Gasteiger partial charge on any atom is -0.489 e. The number of carbonyl (C=O) groups is 2. The van der Waals surface area contributed by atoms with Crippen LogP contribution in [0.1, 0.15) is 63.8 Å². The highest BCUT2D eigenvalue weighted by atomic mass is 16.6. The fourth-order valence-corrected chi connectivity index (χ4v) is 4.04. The van der Waals surface area contributed by atoms with Gasteiger partial charge in [-0.3, -0.25) is 4.79 Å². The van der Waals surface area contributed by atoms with Crippen molar-refractivity contribution < 1.29 is 23.8 Å². The molecule has 0 saturated carbocycles. The van der Waals surface area contributed by atoms with Gasteiger partial charge in [0, 0.05) is 29.6 Å². The summed E-state index contributed by atoms with van der Waals surface area (Å²) in [6.07, 6.45) is 0.836. The van der Waals surface area contributed by atoms with E-state index in [4.69, 9.17) is 25.4 Å². The number of alkyl carbamates (subject to hydrolysis) is 1. The number of nitrogens with one attached hydrogen (secondary N) is 2. The lowest BCUT2D eigenvalue weighted by Crippen LogP contribution is -2.32. The molecule has 0 fully saturated rings. The molecule has 0 spiro atoms. The SMILES string of the molecule is CC(C)(C)OC(=O)Cc1ccccc1OCc1cc(N)c(C=N)c(-c2cccc(CNC(=O)OC(C)(C)C)c2)c1. The Morgan fingerprint density at radius 2 is 1.60 bits per heavy atom. The predicted octanol–water partition coefficient (Wildman–Crippen LogP) is 6.42. The molecule has 3 aromatic carbocycles. The molecule has 0 atom stereocenters. The number of nitrogens with two attached hydrogens (primary N) is 1.